The van der Waals surface area contributed by atoms with Crippen LogP contribution in [0.5, 0.6) is 5.75 Å². The predicted octanol–water partition coefficient (Wildman–Crippen LogP) is 4.62. The Morgan fingerprint density at radius 1 is 1.12 bits per heavy atom. The number of amides is 1. The number of fused-ring (bicyclic) bond motifs is 1. The zero-order chi connectivity index (χ0) is 23.5. The lowest BCUT2D eigenvalue weighted by molar-refractivity contribution is -0.118. The molecule has 170 valence electrons. The van der Waals surface area contributed by atoms with Crippen molar-refractivity contribution in [3.05, 3.63) is 90.3 Å². The Bertz CT molecular complexity index is 1340. The smallest absolute Gasteiger partial charge is 0.249 e. The van der Waals surface area contributed by atoms with E-state index in [9.17, 15) is 9.90 Å². The third-order valence-corrected chi connectivity index (χ3v) is 6.44. The molecule has 0 bridgehead atoms. The maximum atomic E-state index is 13.4. The number of nitrogens with one attached hydrogen (secondary N) is 1. The summed E-state index contributed by atoms with van der Waals surface area (Å²) < 4.78 is 1.68. The van der Waals surface area contributed by atoms with Gasteiger partial charge in [0.2, 0.25) is 17.0 Å². The van der Waals surface area contributed by atoms with Gasteiger partial charge in [-0.3, -0.25) is 9.78 Å². The van der Waals surface area contributed by atoms with Gasteiger partial charge in [-0.15, -0.1) is 5.10 Å². The van der Waals surface area contributed by atoms with E-state index < -0.39 is 12.0 Å². The van der Waals surface area contributed by atoms with Crippen molar-refractivity contribution in [2.45, 2.75) is 23.9 Å². The van der Waals surface area contributed by atoms with Crippen molar-refractivity contribution in [2.24, 2.45) is 10.9 Å². The summed E-state index contributed by atoms with van der Waals surface area (Å²) in [5.41, 5.74) is 3.12. The van der Waals surface area contributed by atoms with Crippen molar-refractivity contribution in [2.75, 3.05) is 5.32 Å². The van der Waals surface area contributed by atoms with E-state index in [1.54, 1.807) is 47.4 Å². The fraction of sp³-hybridized carbons (Fsp3) is 0.160. The number of hydrogen-bond acceptors (Lipinski definition) is 7. The molecule has 0 fully saturated rings. The van der Waals surface area contributed by atoms with E-state index in [-0.39, 0.29) is 11.7 Å². The van der Waals surface area contributed by atoms with Crippen molar-refractivity contribution in [3.8, 4) is 5.75 Å². The third-order valence-electron chi connectivity index (χ3n) is 5.53. The minimum atomic E-state index is -0.650. The van der Waals surface area contributed by atoms with Gasteiger partial charge in [0.15, 0.2) is 0 Å². The molecule has 0 saturated carbocycles. The van der Waals surface area contributed by atoms with Gasteiger partial charge in [0.1, 0.15) is 11.7 Å². The number of aromatic hydroxyl groups is 1. The zero-order valence-corrected chi connectivity index (χ0v) is 19.2. The van der Waals surface area contributed by atoms with Crippen LogP contribution in [-0.4, -0.2) is 36.5 Å². The number of carbonyl (C=O) groups is 1. The van der Waals surface area contributed by atoms with Crippen LogP contribution in [-0.2, 0) is 10.5 Å². The molecule has 3 heterocycles. The van der Waals surface area contributed by atoms with Gasteiger partial charge in [0.05, 0.1) is 17.9 Å². The average Bonchev–Trinajstić information content (AvgIpc) is 3.25. The summed E-state index contributed by atoms with van der Waals surface area (Å²) in [4.78, 5) is 26.7. The summed E-state index contributed by atoms with van der Waals surface area (Å²) in [7, 11) is 0. The second-order valence-corrected chi connectivity index (χ2v) is 8.86. The van der Waals surface area contributed by atoms with E-state index in [2.05, 4.69) is 32.4 Å². The third kappa shape index (κ3) is 4.55. The molecule has 1 amide bonds. The molecule has 2 aromatic heterocycles. The van der Waals surface area contributed by atoms with E-state index in [0.717, 1.165) is 5.56 Å². The van der Waals surface area contributed by atoms with Crippen LogP contribution in [0.3, 0.4) is 0 Å². The number of nitrogens with zero attached hydrogens (tertiary/aromatic N) is 5. The van der Waals surface area contributed by atoms with Gasteiger partial charge in [-0.05, 0) is 42.3 Å². The van der Waals surface area contributed by atoms with Crippen molar-refractivity contribution >= 4 is 35.0 Å². The molecule has 34 heavy (non-hydrogen) atoms. The van der Waals surface area contributed by atoms with Crippen LogP contribution in [0.4, 0.5) is 11.6 Å². The van der Waals surface area contributed by atoms with Crippen molar-refractivity contribution < 1.29 is 9.90 Å². The van der Waals surface area contributed by atoms with Crippen LogP contribution in [0, 0.1) is 5.92 Å². The van der Waals surface area contributed by atoms with Gasteiger partial charge < -0.3 is 10.4 Å². The molecule has 9 heteroatoms. The minimum Gasteiger partial charge on any atom is -0.508 e. The van der Waals surface area contributed by atoms with E-state index in [4.69, 9.17) is 5.10 Å². The highest BCUT2D eigenvalue weighted by Gasteiger charge is 2.39. The largest absolute Gasteiger partial charge is 0.508 e. The maximum Gasteiger partial charge on any atom is 0.249 e. The number of aromatic nitrogens is 4. The van der Waals surface area contributed by atoms with Crippen LogP contribution in [0.25, 0.3) is 0 Å². The summed E-state index contributed by atoms with van der Waals surface area (Å²) in [5.74, 6) is 0.385. The van der Waals surface area contributed by atoms with E-state index in [1.165, 1.54) is 17.3 Å². The topological polar surface area (TPSA) is 105 Å². The molecule has 5 rings (SSSR count). The number of rotatable bonds is 6. The second-order valence-electron chi connectivity index (χ2n) is 7.91. The number of thioether (sulfide) groups is 1. The molecule has 0 radical (unpaired) electrons. The Morgan fingerprint density at radius 3 is 2.74 bits per heavy atom. The molecule has 4 aromatic rings. The number of aliphatic imine (C=N–C) groups is 1. The number of hydrogen-bond donors (Lipinski definition) is 2. The Kier molecular flexibility index (Phi) is 6.09. The van der Waals surface area contributed by atoms with Crippen LogP contribution in [0.15, 0.2) is 89.3 Å². The highest BCUT2D eigenvalue weighted by Crippen LogP contribution is 2.38. The molecule has 0 aliphatic carbocycles. The van der Waals surface area contributed by atoms with E-state index in [1.807, 2.05) is 31.2 Å². The Balaban J connectivity index is 1.50. The molecule has 2 unspecified atom stereocenters. The highest BCUT2D eigenvalue weighted by atomic mass is 32.2. The first-order chi connectivity index (χ1) is 16.6. The fourth-order valence-electron chi connectivity index (χ4n) is 3.97. The quantitative estimate of drug-likeness (QED) is 0.398. The Labute approximate surface area is 200 Å². The first kappa shape index (κ1) is 21.8. The molecule has 1 aliphatic heterocycles. The summed E-state index contributed by atoms with van der Waals surface area (Å²) in [6.07, 6.45) is 3.24. The van der Waals surface area contributed by atoms with Gasteiger partial charge in [-0.25, -0.2) is 9.67 Å². The van der Waals surface area contributed by atoms with Crippen LogP contribution in [0.1, 0.15) is 24.1 Å². The van der Waals surface area contributed by atoms with Crippen molar-refractivity contribution in [3.63, 3.8) is 0 Å². The van der Waals surface area contributed by atoms with E-state index >= 15 is 0 Å². The van der Waals surface area contributed by atoms with Gasteiger partial charge in [-0.1, -0.05) is 54.2 Å². The molecule has 0 spiro atoms. The molecule has 2 aromatic carbocycles. The molecular weight excluding hydrogens is 448 g/mol. The molecule has 0 saturated heterocycles. The van der Waals surface area contributed by atoms with Gasteiger partial charge in [0, 0.05) is 17.7 Å². The normalized spacial score (nSPS) is 17.0. The van der Waals surface area contributed by atoms with Gasteiger partial charge in [0.25, 0.3) is 0 Å². The standard InChI is InChI=1S/C25H22N6O2S/c1-16-21(23(33)28-19-10-6-12-26-14-19)22(18-9-5-11-20(32)13-18)31-24(27-16)29-25(30-31)34-15-17-7-3-2-4-8-17/h2-14,21-22,32H,15H2,1H3,(H,28,33). The predicted molar refractivity (Wildman–Crippen MR) is 131 cm³/mol. The number of anilines is 1. The SMILES string of the molecule is CC1=Nc2nc(SCc3ccccc3)nn2C(c2cccc(O)c2)C1C(=O)Nc1cccnc1. The maximum absolute atomic E-state index is 13.4. The monoisotopic (exact) mass is 470 g/mol. The Hall–Kier alpha value is -3.98. The lowest BCUT2D eigenvalue weighted by atomic mass is 9.87. The first-order valence-corrected chi connectivity index (χ1v) is 11.8. The molecule has 8 nitrogen and oxygen atoms in total. The molecule has 2 N–H and O–H groups in total. The number of phenols is 1. The second kappa shape index (κ2) is 9.48. The molecule has 1 aliphatic rings. The van der Waals surface area contributed by atoms with Crippen LogP contribution < -0.4 is 5.32 Å². The summed E-state index contributed by atoms with van der Waals surface area (Å²) in [6, 6.07) is 20.0. The molecular formula is C25H22N6O2S. The Morgan fingerprint density at radius 2 is 1.97 bits per heavy atom. The highest BCUT2D eigenvalue weighted by molar-refractivity contribution is 7.98. The lowest BCUT2D eigenvalue weighted by Gasteiger charge is -2.30. The van der Waals surface area contributed by atoms with Crippen LogP contribution in [0.2, 0.25) is 0 Å². The van der Waals surface area contributed by atoms with Gasteiger partial charge in [-0.2, -0.15) is 4.98 Å². The number of carbonyl (C=O) groups excluding carboxylic acids is 1. The summed E-state index contributed by atoms with van der Waals surface area (Å²) >= 11 is 1.51. The first-order valence-electron chi connectivity index (χ1n) is 10.8. The summed E-state index contributed by atoms with van der Waals surface area (Å²) in [6.45, 7) is 1.82. The summed E-state index contributed by atoms with van der Waals surface area (Å²) in [5, 5.41) is 18.4. The van der Waals surface area contributed by atoms with Crippen molar-refractivity contribution in [1.29, 1.82) is 0 Å². The number of pyridine rings is 1. The zero-order valence-electron chi connectivity index (χ0n) is 18.4. The molecule has 2 atom stereocenters. The lowest BCUT2D eigenvalue weighted by Crippen LogP contribution is -2.39. The number of benzene rings is 2. The fourth-order valence-corrected chi connectivity index (χ4v) is 4.75. The van der Waals surface area contributed by atoms with E-state index in [0.29, 0.717) is 28.3 Å². The van der Waals surface area contributed by atoms with Crippen LogP contribution >= 0.6 is 11.8 Å². The van der Waals surface area contributed by atoms with Crippen molar-refractivity contribution in [1.82, 2.24) is 19.7 Å². The average molecular weight is 471 g/mol. The minimum absolute atomic E-state index is 0.115. The number of phenolic OH excluding ortho intramolecular Hbond substituents is 1. The van der Waals surface area contributed by atoms with Gasteiger partial charge >= 0.3 is 0 Å².